The van der Waals surface area contributed by atoms with Crippen molar-refractivity contribution in [2.24, 2.45) is 0 Å². The fourth-order valence-electron chi connectivity index (χ4n) is 2.78. The van der Waals surface area contributed by atoms with E-state index in [-0.39, 0.29) is 0 Å². The number of rotatable bonds is 1. The molecule has 0 N–H and O–H groups in total. The van der Waals surface area contributed by atoms with E-state index in [1.807, 2.05) is 12.1 Å². The highest BCUT2D eigenvalue weighted by molar-refractivity contribution is 6.05. The van der Waals surface area contributed by atoms with Gasteiger partial charge in [0.05, 0.1) is 0 Å². The zero-order chi connectivity index (χ0) is 13.4. The molecule has 20 heavy (non-hydrogen) atoms. The molecule has 0 aliphatic carbocycles. The van der Waals surface area contributed by atoms with E-state index in [9.17, 15) is 0 Å². The van der Waals surface area contributed by atoms with Crippen LogP contribution in [0.4, 0.5) is 0 Å². The zero-order valence-corrected chi connectivity index (χ0v) is 10.9. The lowest BCUT2D eigenvalue weighted by atomic mass is 9.94. The van der Waals surface area contributed by atoms with Crippen molar-refractivity contribution < 1.29 is 0 Å². The third kappa shape index (κ3) is 1.70. The van der Waals surface area contributed by atoms with Gasteiger partial charge in [-0.05, 0) is 50.9 Å². The van der Waals surface area contributed by atoms with Crippen LogP contribution in [0.25, 0.3) is 32.7 Å². The fraction of sp³-hybridized carbons (Fsp3) is 0. The van der Waals surface area contributed by atoms with E-state index in [1.54, 1.807) is 0 Å². The minimum atomic E-state index is 1.15. The molecule has 0 unspecified atom stereocenters. The quantitative estimate of drug-likeness (QED) is 0.433. The molecule has 4 rings (SSSR count). The zero-order valence-electron chi connectivity index (χ0n) is 10.9. The molecule has 4 aromatic carbocycles. The van der Waals surface area contributed by atoms with Crippen molar-refractivity contribution in [3.8, 4) is 11.1 Å². The van der Waals surface area contributed by atoms with E-state index in [1.165, 1.54) is 27.3 Å². The Hall–Kier alpha value is -2.60. The first-order valence-electron chi connectivity index (χ1n) is 6.72. The molecule has 0 fully saturated rings. The van der Waals surface area contributed by atoms with Gasteiger partial charge >= 0.3 is 0 Å². The molecule has 0 bridgehead atoms. The Balaban J connectivity index is 2.12. The van der Waals surface area contributed by atoms with E-state index >= 15 is 0 Å². The van der Waals surface area contributed by atoms with Gasteiger partial charge in [0.1, 0.15) is 0 Å². The number of hydrogen-bond acceptors (Lipinski definition) is 0. The summed E-state index contributed by atoms with van der Waals surface area (Å²) in [5.74, 6) is 0. The van der Waals surface area contributed by atoms with Crippen LogP contribution in [0, 0.1) is 12.1 Å². The van der Waals surface area contributed by atoms with E-state index in [0.29, 0.717) is 0 Å². The maximum atomic E-state index is 3.30. The summed E-state index contributed by atoms with van der Waals surface area (Å²) < 4.78 is 0. The summed E-state index contributed by atoms with van der Waals surface area (Å²) in [5.41, 5.74) is 2.51. The molecule has 0 saturated carbocycles. The highest BCUT2D eigenvalue weighted by Gasteiger charge is 2.06. The molecular formula is C20H12. The Morgan fingerprint density at radius 3 is 2.55 bits per heavy atom. The summed E-state index contributed by atoms with van der Waals surface area (Å²) in [5, 5.41) is 4.89. The van der Waals surface area contributed by atoms with E-state index < -0.39 is 0 Å². The summed E-state index contributed by atoms with van der Waals surface area (Å²) in [4.78, 5) is 0. The Morgan fingerprint density at radius 1 is 0.650 bits per heavy atom. The van der Waals surface area contributed by atoms with E-state index in [2.05, 4.69) is 72.8 Å². The number of fused-ring (bicyclic) bond motifs is 2. The Kier molecular flexibility index (Phi) is 2.53. The van der Waals surface area contributed by atoms with Gasteiger partial charge < -0.3 is 0 Å². The first-order valence-corrected chi connectivity index (χ1v) is 6.72. The topological polar surface area (TPSA) is 0 Å². The summed E-state index contributed by atoms with van der Waals surface area (Å²) in [6.45, 7) is 0. The highest BCUT2D eigenvalue weighted by Crippen LogP contribution is 2.33. The molecule has 0 saturated heterocycles. The second-order valence-electron chi connectivity index (χ2n) is 4.89. The van der Waals surface area contributed by atoms with Crippen LogP contribution in [0.3, 0.4) is 0 Å². The third-order valence-electron chi connectivity index (χ3n) is 3.72. The lowest BCUT2D eigenvalue weighted by Gasteiger charge is -2.09. The molecule has 0 nitrogen and oxygen atoms in total. The molecular weight excluding hydrogens is 240 g/mol. The van der Waals surface area contributed by atoms with Gasteiger partial charge in [-0.3, -0.25) is 0 Å². The number of benzene rings is 4. The molecule has 2 radical (unpaired) electrons. The lowest BCUT2D eigenvalue weighted by Crippen LogP contribution is -1.83. The van der Waals surface area contributed by atoms with Crippen molar-refractivity contribution in [1.29, 1.82) is 0 Å². The van der Waals surface area contributed by atoms with Crippen molar-refractivity contribution in [2.75, 3.05) is 0 Å². The van der Waals surface area contributed by atoms with Crippen molar-refractivity contribution in [1.82, 2.24) is 0 Å². The molecule has 0 heteroatoms. The molecule has 0 aliphatic heterocycles. The molecule has 0 atom stereocenters. The average molecular weight is 252 g/mol. The molecule has 0 spiro atoms. The van der Waals surface area contributed by atoms with Crippen LogP contribution in [-0.4, -0.2) is 0 Å². The monoisotopic (exact) mass is 252 g/mol. The largest absolute Gasteiger partial charge is 0.0616 e. The predicted octanol–water partition coefficient (Wildman–Crippen LogP) is 5.26. The van der Waals surface area contributed by atoms with Crippen LogP contribution in [-0.2, 0) is 0 Å². The van der Waals surface area contributed by atoms with Crippen LogP contribution < -0.4 is 0 Å². The molecule has 4 aromatic rings. The SMILES string of the molecule is [c]1ccc2cccc(-c3cc[c]c4ccccc34)c2c1. The third-order valence-corrected chi connectivity index (χ3v) is 3.72. The normalized spacial score (nSPS) is 11.0. The summed E-state index contributed by atoms with van der Waals surface area (Å²) >= 11 is 0. The van der Waals surface area contributed by atoms with Crippen LogP contribution in [0.15, 0.2) is 72.8 Å². The van der Waals surface area contributed by atoms with Crippen LogP contribution >= 0.6 is 0 Å². The van der Waals surface area contributed by atoms with Gasteiger partial charge in [-0.25, -0.2) is 0 Å². The van der Waals surface area contributed by atoms with Crippen molar-refractivity contribution >= 4 is 21.5 Å². The van der Waals surface area contributed by atoms with Gasteiger partial charge in [0.25, 0.3) is 0 Å². The summed E-state index contributed by atoms with van der Waals surface area (Å²) in [6.07, 6.45) is 0. The Labute approximate surface area is 118 Å². The van der Waals surface area contributed by atoms with Crippen molar-refractivity contribution in [3.05, 3.63) is 84.9 Å². The van der Waals surface area contributed by atoms with Crippen LogP contribution in [0.2, 0.25) is 0 Å². The average Bonchev–Trinajstić information content (AvgIpc) is 2.54. The molecule has 92 valence electrons. The molecule has 0 amide bonds. The van der Waals surface area contributed by atoms with Gasteiger partial charge in [-0.2, -0.15) is 0 Å². The van der Waals surface area contributed by atoms with Gasteiger partial charge in [-0.1, -0.05) is 66.7 Å². The second-order valence-corrected chi connectivity index (χ2v) is 4.89. The molecule has 0 heterocycles. The predicted molar refractivity (Wildman–Crippen MR) is 84.6 cm³/mol. The molecule has 0 aliphatic rings. The van der Waals surface area contributed by atoms with Crippen molar-refractivity contribution in [3.63, 3.8) is 0 Å². The Bertz CT molecular complexity index is 816. The summed E-state index contributed by atoms with van der Waals surface area (Å²) in [7, 11) is 0. The van der Waals surface area contributed by atoms with E-state index in [0.717, 1.165) is 5.39 Å². The van der Waals surface area contributed by atoms with Gasteiger partial charge in [0.2, 0.25) is 0 Å². The smallest absolute Gasteiger partial charge is 0.00987 e. The minimum Gasteiger partial charge on any atom is -0.0616 e. The highest BCUT2D eigenvalue weighted by atomic mass is 14.1. The van der Waals surface area contributed by atoms with Gasteiger partial charge in [0, 0.05) is 0 Å². The van der Waals surface area contributed by atoms with Crippen LogP contribution in [0.1, 0.15) is 0 Å². The fourth-order valence-corrected chi connectivity index (χ4v) is 2.78. The van der Waals surface area contributed by atoms with Crippen LogP contribution in [0.5, 0.6) is 0 Å². The number of hydrogen-bond donors (Lipinski definition) is 0. The first-order chi connectivity index (χ1) is 9.93. The van der Waals surface area contributed by atoms with Gasteiger partial charge in [-0.15, -0.1) is 0 Å². The molecule has 0 aromatic heterocycles. The van der Waals surface area contributed by atoms with Gasteiger partial charge in [0.15, 0.2) is 0 Å². The second kappa shape index (κ2) is 4.50. The maximum Gasteiger partial charge on any atom is -0.00987 e. The van der Waals surface area contributed by atoms with E-state index in [4.69, 9.17) is 0 Å². The first kappa shape index (κ1) is 11.2. The maximum absolute atomic E-state index is 3.30. The lowest BCUT2D eigenvalue weighted by molar-refractivity contribution is 1.67. The summed E-state index contributed by atoms with van der Waals surface area (Å²) in [6, 6.07) is 31.6. The van der Waals surface area contributed by atoms with Crippen molar-refractivity contribution in [2.45, 2.75) is 0 Å². The minimum absolute atomic E-state index is 1.15. The standard InChI is InChI=1S/C20H12/c1-3-11-17-15(7-1)9-5-13-19(17)20-14-6-10-16-8-2-4-12-18(16)20/h1-3,5-8,10-14H. The Morgan fingerprint density at radius 2 is 1.55 bits per heavy atom.